The molecular weight excluding hydrogens is 314 g/mol. The van der Waals surface area contributed by atoms with E-state index in [0.29, 0.717) is 17.7 Å². The number of rotatable bonds is 4. The Bertz CT molecular complexity index is 884. The van der Waals surface area contributed by atoms with Crippen molar-refractivity contribution in [3.63, 3.8) is 0 Å². The highest BCUT2D eigenvalue weighted by molar-refractivity contribution is 5.72. The van der Waals surface area contributed by atoms with E-state index < -0.39 is 5.82 Å². The van der Waals surface area contributed by atoms with Crippen molar-refractivity contribution in [3.05, 3.63) is 59.7 Å². The van der Waals surface area contributed by atoms with Crippen molar-refractivity contribution in [2.45, 2.75) is 6.54 Å². The van der Waals surface area contributed by atoms with Crippen molar-refractivity contribution in [2.75, 3.05) is 16.8 Å². The van der Waals surface area contributed by atoms with Crippen LogP contribution in [-0.4, -0.2) is 15.0 Å². The fraction of sp³-hybridized carbons (Fsp3) is 0.0625. The average Bonchev–Trinajstić information content (AvgIpc) is 2.55. The Morgan fingerprint density at radius 2 is 1.75 bits per heavy atom. The third-order valence-corrected chi connectivity index (χ3v) is 3.29. The number of nitrogens with one attached hydrogen (secondary N) is 1. The largest absolute Gasteiger partial charge is 0.396 e. The molecule has 1 aromatic heterocycles. The second kappa shape index (κ2) is 6.45. The average molecular weight is 328 g/mol. The Morgan fingerprint density at radius 1 is 0.958 bits per heavy atom. The number of hydrogen-bond donors (Lipinski definition) is 3. The zero-order chi connectivity index (χ0) is 17.1. The SMILES string of the molecule is Nc1nc(NCc2cccc(F)c2)nc(-c2cccc(F)c2N)n1. The van der Waals surface area contributed by atoms with Gasteiger partial charge in [-0.15, -0.1) is 0 Å². The minimum atomic E-state index is -0.569. The summed E-state index contributed by atoms with van der Waals surface area (Å²) in [5.41, 5.74) is 12.4. The summed E-state index contributed by atoms with van der Waals surface area (Å²) in [4.78, 5) is 12.1. The molecule has 0 unspecified atom stereocenters. The minimum absolute atomic E-state index is 0.0367. The maximum absolute atomic E-state index is 13.6. The van der Waals surface area contributed by atoms with Crippen molar-refractivity contribution in [1.29, 1.82) is 0 Å². The molecule has 0 fully saturated rings. The van der Waals surface area contributed by atoms with Crippen LogP contribution in [0.5, 0.6) is 0 Å². The van der Waals surface area contributed by atoms with Gasteiger partial charge in [-0.05, 0) is 29.8 Å². The van der Waals surface area contributed by atoms with Crippen LogP contribution in [0.1, 0.15) is 5.56 Å². The first-order valence-corrected chi connectivity index (χ1v) is 7.07. The molecule has 0 aliphatic rings. The molecule has 0 amide bonds. The zero-order valence-corrected chi connectivity index (χ0v) is 12.5. The van der Waals surface area contributed by atoms with Gasteiger partial charge in [0.15, 0.2) is 5.82 Å². The molecule has 8 heteroatoms. The van der Waals surface area contributed by atoms with E-state index in [9.17, 15) is 8.78 Å². The summed E-state index contributed by atoms with van der Waals surface area (Å²) in [6.07, 6.45) is 0. The van der Waals surface area contributed by atoms with Crippen LogP contribution in [0, 0.1) is 11.6 Å². The van der Waals surface area contributed by atoms with Crippen molar-refractivity contribution < 1.29 is 8.78 Å². The second-order valence-corrected chi connectivity index (χ2v) is 5.03. The van der Waals surface area contributed by atoms with Gasteiger partial charge in [-0.3, -0.25) is 0 Å². The highest BCUT2D eigenvalue weighted by atomic mass is 19.1. The molecule has 0 radical (unpaired) electrons. The Kier molecular flexibility index (Phi) is 4.19. The summed E-state index contributed by atoms with van der Waals surface area (Å²) in [6, 6.07) is 10.4. The monoisotopic (exact) mass is 328 g/mol. The minimum Gasteiger partial charge on any atom is -0.396 e. The van der Waals surface area contributed by atoms with Crippen molar-refractivity contribution in [2.24, 2.45) is 0 Å². The maximum atomic E-state index is 13.6. The lowest BCUT2D eigenvalue weighted by molar-refractivity contribution is 0.626. The van der Waals surface area contributed by atoms with E-state index in [1.807, 2.05) is 0 Å². The van der Waals surface area contributed by atoms with Gasteiger partial charge >= 0.3 is 0 Å². The van der Waals surface area contributed by atoms with Crippen molar-refractivity contribution in [3.8, 4) is 11.4 Å². The highest BCUT2D eigenvalue weighted by Crippen LogP contribution is 2.25. The molecule has 0 spiro atoms. The van der Waals surface area contributed by atoms with Crippen LogP contribution in [0.2, 0.25) is 0 Å². The molecule has 0 bridgehead atoms. The zero-order valence-electron chi connectivity index (χ0n) is 12.5. The van der Waals surface area contributed by atoms with E-state index in [0.717, 1.165) is 0 Å². The summed E-state index contributed by atoms with van der Waals surface area (Å²) in [7, 11) is 0. The van der Waals surface area contributed by atoms with E-state index in [2.05, 4.69) is 20.3 Å². The van der Waals surface area contributed by atoms with Gasteiger partial charge in [0.1, 0.15) is 11.6 Å². The van der Waals surface area contributed by atoms with Gasteiger partial charge in [0, 0.05) is 12.1 Å². The lowest BCUT2D eigenvalue weighted by Gasteiger charge is -2.09. The summed E-state index contributed by atoms with van der Waals surface area (Å²) >= 11 is 0. The topological polar surface area (TPSA) is 103 Å². The molecule has 2 aromatic carbocycles. The molecule has 1 heterocycles. The first kappa shape index (κ1) is 15.6. The molecule has 0 saturated heterocycles. The number of hydrogen-bond acceptors (Lipinski definition) is 6. The van der Waals surface area contributed by atoms with E-state index in [1.165, 1.54) is 24.3 Å². The maximum Gasteiger partial charge on any atom is 0.228 e. The van der Waals surface area contributed by atoms with E-state index in [1.54, 1.807) is 18.2 Å². The molecule has 3 aromatic rings. The van der Waals surface area contributed by atoms with E-state index in [-0.39, 0.29) is 29.2 Å². The lowest BCUT2D eigenvalue weighted by atomic mass is 10.1. The van der Waals surface area contributed by atoms with E-state index >= 15 is 0 Å². The quantitative estimate of drug-likeness (QED) is 0.636. The van der Waals surface area contributed by atoms with Gasteiger partial charge < -0.3 is 16.8 Å². The first-order chi connectivity index (χ1) is 11.5. The predicted octanol–water partition coefficient (Wildman–Crippen LogP) is 2.59. The Labute approximate surface area is 136 Å². The van der Waals surface area contributed by atoms with Crippen LogP contribution < -0.4 is 16.8 Å². The van der Waals surface area contributed by atoms with Gasteiger partial charge in [0.2, 0.25) is 11.9 Å². The lowest BCUT2D eigenvalue weighted by Crippen LogP contribution is -2.09. The fourth-order valence-electron chi connectivity index (χ4n) is 2.15. The van der Waals surface area contributed by atoms with Gasteiger partial charge in [-0.2, -0.15) is 15.0 Å². The van der Waals surface area contributed by atoms with Crippen LogP contribution in [-0.2, 0) is 6.54 Å². The molecule has 0 aliphatic heterocycles. The fourth-order valence-corrected chi connectivity index (χ4v) is 2.15. The third-order valence-electron chi connectivity index (χ3n) is 3.29. The molecule has 5 N–H and O–H groups in total. The Hall–Kier alpha value is -3.29. The second-order valence-electron chi connectivity index (χ2n) is 5.03. The van der Waals surface area contributed by atoms with Gasteiger partial charge in [-0.25, -0.2) is 8.78 Å². The van der Waals surface area contributed by atoms with Crippen LogP contribution in [0.4, 0.5) is 26.4 Å². The smallest absolute Gasteiger partial charge is 0.228 e. The number of nitrogens with zero attached hydrogens (tertiary/aromatic N) is 3. The number of para-hydroxylation sites is 1. The van der Waals surface area contributed by atoms with Gasteiger partial charge in [0.25, 0.3) is 0 Å². The predicted molar refractivity (Wildman–Crippen MR) is 87.8 cm³/mol. The number of benzene rings is 2. The first-order valence-electron chi connectivity index (χ1n) is 7.07. The van der Waals surface area contributed by atoms with E-state index in [4.69, 9.17) is 11.5 Å². The van der Waals surface area contributed by atoms with Gasteiger partial charge in [0.05, 0.1) is 5.69 Å². The molecule has 3 rings (SSSR count). The molecule has 0 saturated carbocycles. The molecule has 6 nitrogen and oxygen atoms in total. The normalized spacial score (nSPS) is 10.6. The van der Waals surface area contributed by atoms with Crippen LogP contribution >= 0.6 is 0 Å². The molecule has 0 atom stereocenters. The van der Waals surface area contributed by atoms with Crippen molar-refractivity contribution >= 4 is 17.6 Å². The molecule has 0 aliphatic carbocycles. The summed E-state index contributed by atoms with van der Waals surface area (Å²) in [6.45, 7) is 0.291. The summed E-state index contributed by atoms with van der Waals surface area (Å²) in [5.74, 6) is -0.601. The number of halogens is 2. The van der Waals surface area contributed by atoms with Crippen LogP contribution in [0.15, 0.2) is 42.5 Å². The Balaban J connectivity index is 1.88. The standard InChI is InChI=1S/C16H14F2N6/c17-10-4-1-3-9(7-10)8-21-16-23-14(22-15(20)24-16)11-5-2-6-12(18)13(11)19/h1-7H,8,19H2,(H3,20,21,22,23,24). The summed E-state index contributed by atoms with van der Waals surface area (Å²) in [5, 5.41) is 2.93. The Morgan fingerprint density at radius 3 is 2.54 bits per heavy atom. The molecular formula is C16H14F2N6. The number of aromatic nitrogens is 3. The highest BCUT2D eigenvalue weighted by Gasteiger charge is 2.12. The summed E-state index contributed by atoms with van der Waals surface area (Å²) < 4.78 is 26.8. The van der Waals surface area contributed by atoms with Gasteiger partial charge in [-0.1, -0.05) is 18.2 Å². The number of nitrogen functional groups attached to an aromatic ring is 2. The molecule has 122 valence electrons. The third kappa shape index (κ3) is 3.37. The van der Waals surface area contributed by atoms with Crippen molar-refractivity contribution in [1.82, 2.24) is 15.0 Å². The number of nitrogens with two attached hydrogens (primary N) is 2. The number of anilines is 3. The van der Waals surface area contributed by atoms with Crippen LogP contribution in [0.25, 0.3) is 11.4 Å². The van der Waals surface area contributed by atoms with Crippen LogP contribution in [0.3, 0.4) is 0 Å². The molecule has 24 heavy (non-hydrogen) atoms.